The average Bonchev–Trinajstić information content (AvgIpc) is 2.77. The summed E-state index contributed by atoms with van der Waals surface area (Å²) in [4.78, 5) is 0. The Morgan fingerprint density at radius 1 is 1.29 bits per heavy atom. The number of nitrogens with zero attached hydrogens (tertiary/aromatic N) is 3. The van der Waals surface area contributed by atoms with E-state index in [1.54, 1.807) is 4.68 Å². The van der Waals surface area contributed by atoms with Crippen molar-refractivity contribution in [1.29, 1.82) is 0 Å². The fraction of sp³-hybridized carbons (Fsp3) is 0.333. The van der Waals surface area contributed by atoms with Gasteiger partial charge in [0.05, 0.1) is 25.9 Å². The van der Waals surface area contributed by atoms with E-state index in [0.717, 1.165) is 11.4 Å². The molecule has 0 radical (unpaired) electrons. The van der Waals surface area contributed by atoms with Gasteiger partial charge in [-0.1, -0.05) is 22.9 Å². The van der Waals surface area contributed by atoms with Crippen LogP contribution in [0.25, 0.3) is 0 Å². The molecule has 0 bridgehead atoms. The summed E-state index contributed by atoms with van der Waals surface area (Å²) in [7, 11) is 0. The highest BCUT2D eigenvalue weighted by molar-refractivity contribution is 5.44. The minimum atomic E-state index is 0.0776. The van der Waals surface area contributed by atoms with Crippen LogP contribution in [0.2, 0.25) is 0 Å². The van der Waals surface area contributed by atoms with Crippen LogP contribution in [0.5, 0.6) is 0 Å². The minimum Gasteiger partial charge on any atom is -0.394 e. The topological polar surface area (TPSA) is 63.0 Å². The number of benzene rings is 1. The third kappa shape index (κ3) is 3.29. The molecule has 5 nitrogen and oxygen atoms in total. The lowest BCUT2D eigenvalue weighted by Gasteiger charge is -2.03. The molecule has 0 aliphatic heterocycles. The Bertz CT molecular complexity index is 464. The predicted octanol–water partition coefficient (Wildman–Crippen LogP) is 1.19. The Hall–Kier alpha value is -1.88. The van der Waals surface area contributed by atoms with Crippen molar-refractivity contribution in [3.8, 4) is 0 Å². The molecule has 0 aliphatic carbocycles. The lowest BCUT2D eigenvalue weighted by molar-refractivity contribution is 0.268. The molecule has 0 atom stereocenters. The molecule has 0 saturated heterocycles. The van der Waals surface area contributed by atoms with Crippen LogP contribution >= 0.6 is 0 Å². The first-order valence-electron chi connectivity index (χ1n) is 5.58. The highest BCUT2D eigenvalue weighted by Crippen LogP contribution is 2.09. The number of aliphatic hydroxyl groups excluding tert-OH is 1. The molecule has 2 aromatic rings. The standard InChI is InChI=1S/C12H16N4O/c1-10-2-4-11(5-3-10)13-8-12-9-16(6-7-17)15-14-12/h2-5,9,13,17H,6-8H2,1H3. The number of aliphatic hydroxyl groups is 1. The van der Waals surface area contributed by atoms with Gasteiger partial charge in [-0.05, 0) is 19.1 Å². The van der Waals surface area contributed by atoms with Crippen molar-refractivity contribution in [1.82, 2.24) is 15.0 Å². The summed E-state index contributed by atoms with van der Waals surface area (Å²) in [5, 5.41) is 19.9. The quantitative estimate of drug-likeness (QED) is 0.813. The normalized spacial score (nSPS) is 10.5. The van der Waals surface area contributed by atoms with Crippen molar-refractivity contribution in [2.45, 2.75) is 20.0 Å². The van der Waals surface area contributed by atoms with Crippen LogP contribution in [0.4, 0.5) is 5.69 Å². The predicted molar refractivity (Wildman–Crippen MR) is 65.6 cm³/mol. The van der Waals surface area contributed by atoms with Gasteiger partial charge in [-0.25, -0.2) is 4.68 Å². The Kier molecular flexibility index (Phi) is 3.72. The van der Waals surface area contributed by atoms with Crippen LogP contribution in [0.1, 0.15) is 11.3 Å². The second-order valence-electron chi connectivity index (χ2n) is 3.92. The summed E-state index contributed by atoms with van der Waals surface area (Å²) >= 11 is 0. The third-order valence-electron chi connectivity index (χ3n) is 2.44. The summed E-state index contributed by atoms with van der Waals surface area (Å²) in [5.41, 5.74) is 3.16. The number of anilines is 1. The first kappa shape index (κ1) is 11.6. The molecule has 1 heterocycles. The van der Waals surface area contributed by atoms with Crippen LogP contribution in [0.15, 0.2) is 30.5 Å². The van der Waals surface area contributed by atoms with Gasteiger partial charge in [0.15, 0.2) is 0 Å². The molecule has 17 heavy (non-hydrogen) atoms. The van der Waals surface area contributed by atoms with E-state index in [-0.39, 0.29) is 6.61 Å². The summed E-state index contributed by atoms with van der Waals surface area (Å²) in [5.74, 6) is 0. The molecule has 1 aromatic heterocycles. The van der Waals surface area contributed by atoms with Crippen molar-refractivity contribution in [2.24, 2.45) is 0 Å². The summed E-state index contributed by atoms with van der Waals surface area (Å²) in [6.45, 7) is 3.25. The van der Waals surface area contributed by atoms with E-state index in [1.165, 1.54) is 5.56 Å². The molecule has 1 aromatic carbocycles. The minimum absolute atomic E-state index is 0.0776. The maximum Gasteiger partial charge on any atom is 0.102 e. The molecular formula is C12H16N4O. The number of aryl methyl sites for hydroxylation is 1. The smallest absolute Gasteiger partial charge is 0.102 e. The maximum atomic E-state index is 8.76. The number of rotatable bonds is 5. The van der Waals surface area contributed by atoms with E-state index in [0.29, 0.717) is 13.1 Å². The summed E-state index contributed by atoms with van der Waals surface area (Å²) in [6.07, 6.45) is 1.83. The number of aromatic nitrogens is 3. The van der Waals surface area contributed by atoms with Gasteiger partial charge in [-0.2, -0.15) is 0 Å². The van der Waals surface area contributed by atoms with Gasteiger partial charge in [0, 0.05) is 5.69 Å². The lowest BCUT2D eigenvalue weighted by Crippen LogP contribution is -2.02. The number of hydrogen-bond acceptors (Lipinski definition) is 4. The van der Waals surface area contributed by atoms with Crippen LogP contribution in [-0.4, -0.2) is 26.7 Å². The molecule has 0 aliphatic rings. The Balaban J connectivity index is 1.90. The Labute approximate surface area is 100 Å². The lowest BCUT2D eigenvalue weighted by atomic mass is 10.2. The van der Waals surface area contributed by atoms with Gasteiger partial charge in [0.25, 0.3) is 0 Å². The van der Waals surface area contributed by atoms with E-state index in [1.807, 2.05) is 18.3 Å². The largest absolute Gasteiger partial charge is 0.394 e. The molecule has 0 spiro atoms. The van der Waals surface area contributed by atoms with E-state index < -0.39 is 0 Å². The maximum absolute atomic E-state index is 8.76. The summed E-state index contributed by atoms with van der Waals surface area (Å²) in [6, 6.07) is 8.19. The van der Waals surface area contributed by atoms with Gasteiger partial charge in [-0.3, -0.25) is 0 Å². The number of nitrogens with one attached hydrogen (secondary N) is 1. The van der Waals surface area contributed by atoms with E-state index in [9.17, 15) is 0 Å². The fourth-order valence-electron chi connectivity index (χ4n) is 1.50. The molecule has 5 heteroatoms. The molecule has 2 rings (SSSR count). The van der Waals surface area contributed by atoms with Crippen molar-refractivity contribution in [3.05, 3.63) is 41.7 Å². The van der Waals surface area contributed by atoms with Crippen molar-refractivity contribution in [3.63, 3.8) is 0 Å². The van der Waals surface area contributed by atoms with E-state index in [2.05, 4.69) is 34.7 Å². The average molecular weight is 232 g/mol. The van der Waals surface area contributed by atoms with Crippen molar-refractivity contribution >= 4 is 5.69 Å². The highest BCUT2D eigenvalue weighted by Gasteiger charge is 2.00. The van der Waals surface area contributed by atoms with Gasteiger partial charge < -0.3 is 10.4 Å². The Morgan fingerprint density at radius 2 is 2.06 bits per heavy atom. The first-order chi connectivity index (χ1) is 8.28. The van der Waals surface area contributed by atoms with Gasteiger partial charge >= 0.3 is 0 Å². The molecule has 0 saturated carbocycles. The zero-order chi connectivity index (χ0) is 12.1. The van der Waals surface area contributed by atoms with Crippen molar-refractivity contribution < 1.29 is 5.11 Å². The molecule has 0 unspecified atom stereocenters. The SMILES string of the molecule is Cc1ccc(NCc2cn(CCO)nn2)cc1. The zero-order valence-electron chi connectivity index (χ0n) is 9.80. The molecular weight excluding hydrogens is 216 g/mol. The Morgan fingerprint density at radius 3 is 2.76 bits per heavy atom. The molecule has 90 valence electrons. The zero-order valence-corrected chi connectivity index (χ0v) is 9.80. The third-order valence-corrected chi connectivity index (χ3v) is 2.44. The first-order valence-corrected chi connectivity index (χ1v) is 5.58. The van der Waals surface area contributed by atoms with Gasteiger partial charge in [0.2, 0.25) is 0 Å². The number of hydrogen-bond donors (Lipinski definition) is 2. The summed E-state index contributed by atoms with van der Waals surface area (Å²) < 4.78 is 1.63. The second kappa shape index (κ2) is 5.45. The van der Waals surface area contributed by atoms with Gasteiger partial charge in [0.1, 0.15) is 5.69 Å². The van der Waals surface area contributed by atoms with Crippen LogP contribution in [0, 0.1) is 6.92 Å². The van der Waals surface area contributed by atoms with Crippen LogP contribution in [0.3, 0.4) is 0 Å². The molecule has 0 fully saturated rings. The second-order valence-corrected chi connectivity index (χ2v) is 3.92. The van der Waals surface area contributed by atoms with Crippen molar-refractivity contribution in [2.75, 3.05) is 11.9 Å². The van der Waals surface area contributed by atoms with Gasteiger partial charge in [-0.15, -0.1) is 5.10 Å². The van der Waals surface area contributed by atoms with E-state index in [4.69, 9.17) is 5.11 Å². The van der Waals surface area contributed by atoms with Crippen LogP contribution < -0.4 is 5.32 Å². The fourth-order valence-corrected chi connectivity index (χ4v) is 1.50. The highest BCUT2D eigenvalue weighted by atomic mass is 16.3. The molecule has 2 N–H and O–H groups in total. The van der Waals surface area contributed by atoms with E-state index >= 15 is 0 Å². The molecule has 0 amide bonds. The van der Waals surface area contributed by atoms with Crippen LogP contribution in [-0.2, 0) is 13.1 Å². The monoisotopic (exact) mass is 232 g/mol.